The molecule has 1 aromatic rings. The average Bonchev–Trinajstić information content (AvgIpc) is 2.90. The van der Waals surface area contributed by atoms with E-state index in [2.05, 4.69) is 25.9 Å². The molecular weight excluding hydrogens is 282 g/mol. The van der Waals surface area contributed by atoms with E-state index in [-0.39, 0.29) is 0 Å². The first kappa shape index (κ1) is 14.4. The molecule has 1 aromatic heterocycles. The summed E-state index contributed by atoms with van der Waals surface area (Å²) in [4.78, 5) is 8.52. The molecule has 96 valence electrons. The molecule has 0 aromatic carbocycles. The quantitative estimate of drug-likeness (QED) is 0.912. The van der Waals surface area contributed by atoms with Crippen molar-refractivity contribution >= 4 is 21.7 Å². The second-order valence-electron chi connectivity index (χ2n) is 3.82. The summed E-state index contributed by atoms with van der Waals surface area (Å²) in [5.41, 5.74) is 7.46. The highest BCUT2D eigenvalue weighted by atomic mass is 79.9. The van der Waals surface area contributed by atoms with Gasteiger partial charge >= 0.3 is 0 Å². The highest BCUT2D eigenvalue weighted by molar-refractivity contribution is 9.10. The summed E-state index contributed by atoms with van der Waals surface area (Å²) in [5, 5.41) is 0. The Labute approximate surface area is 111 Å². The van der Waals surface area contributed by atoms with Gasteiger partial charge in [0.25, 0.3) is 0 Å². The van der Waals surface area contributed by atoms with Crippen LogP contribution in [0.25, 0.3) is 0 Å². The molecule has 0 spiro atoms. The molecule has 1 aliphatic rings. The van der Waals surface area contributed by atoms with Crippen LogP contribution in [0.3, 0.4) is 0 Å². The van der Waals surface area contributed by atoms with E-state index in [9.17, 15) is 0 Å². The van der Waals surface area contributed by atoms with Crippen LogP contribution in [0.5, 0.6) is 0 Å². The van der Waals surface area contributed by atoms with Gasteiger partial charge < -0.3 is 10.5 Å². The van der Waals surface area contributed by atoms with E-state index in [1.807, 2.05) is 13.8 Å². The molecule has 0 radical (unpaired) electrons. The molecule has 1 fully saturated rings. The molecule has 0 unspecified atom stereocenters. The lowest BCUT2D eigenvalue weighted by atomic mass is 10.3. The molecule has 5 heteroatoms. The average molecular weight is 302 g/mol. The maximum Gasteiger partial charge on any atom is 0.145 e. The Morgan fingerprint density at radius 2 is 1.71 bits per heavy atom. The summed E-state index contributed by atoms with van der Waals surface area (Å²) >= 11 is 3.35. The number of nitrogen functional groups attached to an aromatic ring is 1. The fourth-order valence-electron chi connectivity index (χ4n) is 1.49. The molecular formula is C12H20BrN3O. The fourth-order valence-corrected chi connectivity index (χ4v) is 2.07. The number of halogens is 1. The zero-order valence-corrected chi connectivity index (χ0v) is 12.1. The van der Waals surface area contributed by atoms with Crippen molar-refractivity contribution in [2.75, 3.05) is 18.9 Å². The topological polar surface area (TPSA) is 61.0 Å². The van der Waals surface area contributed by atoms with Crippen molar-refractivity contribution < 1.29 is 4.74 Å². The van der Waals surface area contributed by atoms with Crippen molar-refractivity contribution in [3.05, 3.63) is 16.0 Å². The molecule has 0 saturated carbocycles. The highest BCUT2D eigenvalue weighted by Crippen LogP contribution is 2.16. The first-order valence-corrected chi connectivity index (χ1v) is 6.86. The van der Waals surface area contributed by atoms with E-state index < -0.39 is 0 Å². The number of rotatable bonds is 2. The summed E-state index contributed by atoms with van der Waals surface area (Å²) in [6.45, 7) is 6.04. The Morgan fingerprint density at radius 3 is 2.12 bits per heavy atom. The fraction of sp³-hybridized carbons (Fsp3) is 0.667. The monoisotopic (exact) mass is 301 g/mol. The van der Waals surface area contributed by atoms with Crippen molar-refractivity contribution in [2.45, 2.75) is 39.5 Å². The van der Waals surface area contributed by atoms with Crippen LogP contribution < -0.4 is 5.73 Å². The maximum absolute atomic E-state index is 5.68. The van der Waals surface area contributed by atoms with E-state index in [1.54, 1.807) is 0 Å². The molecule has 1 aliphatic heterocycles. The minimum absolute atomic E-state index is 0.553. The number of aryl methyl sites for hydroxylation is 2. The van der Waals surface area contributed by atoms with Crippen molar-refractivity contribution in [2.24, 2.45) is 0 Å². The van der Waals surface area contributed by atoms with Gasteiger partial charge in [-0.25, -0.2) is 9.97 Å². The number of hydrogen-bond acceptors (Lipinski definition) is 4. The SMILES string of the molecule is C1CCOC1.CCc1nc(Br)c(CC)nc1N. The van der Waals surface area contributed by atoms with Gasteiger partial charge in [0.2, 0.25) is 0 Å². The number of ether oxygens (including phenoxy) is 1. The van der Waals surface area contributed by atoms with Gasteiger partial charge in [-0.3, -0.25) is 0 Å². The van der Waals surface area contributed by atoms with Gasteiger partial charge in [0.05, 0.1) is 11.4 Å². The van der Waals surface area contributed by atoms with Crippen LogP contribution in [0.2, 0.25) is 0 Å². The van der Waals surface area contributed by atoms with E-state index >= 15 is 0 Å². The lowest BCUT2D eigenvalue weighted by molar-refractivity contribution is 0.198. The molecule has 2 N–H and O–H groups in total. The third kappa shape index (κ3) is 4.60. The summed E-state index contributed by atoms with van der Waals surface area (Å²) in [5.74, 6) is 0.553. The van der Waals surface area contributed by atoms with Crippen molar-refractivity contribution in [3.63, 3.8) is 0 Å². The third-order valence-corrected chi connectivity index (χ3v) is 3.15. The summed E-state index contributed by atoms with van der Waals surface area (Å²) in [7, 11) is 0. The number of hydrogen-bond donors (Lipinski definition) is 1. The summed E-state index contributed by atoms with van der Waals surface area (Å²) in [6.07, 6.45) is 4.23. The Morgan fingerprint density at radius 1 is 1.12 bits per heavy atom. The molecule has 0 amide bonds. The number of nitrogens with zero attached hydrogens (tertiary/aromatic N) is 2. The van der Waals surface area contributed by atoms with Crippen LogP contribution in [0.4, 0.5) is 5.82 Å². The largest absolute Gasteiger partial charge is 0.382 e. The molecule has 0 bridgehead atoms. The maximum atomic E-state index is 5.68. The van der Waals surface area contributed by atoms with Crippen molar-refractivity contribution in [1.82, 2.24) is 9.97 Å². The van der Waals surface area contributed by atoms with Gasteiger partial charge in [0.1, 0.15) is 10.4 Å². The second kappa shape index (κ2) is 7.61. The van der Waals surface area contributed by atoms with Crippen LogP contribution in [-0.2, 0) is 17.6 Å². The Bertz CT molecular complexity index is 316. The summed E-state index contributed by atoms with van der Waals surface area (Å²) in [6, 6.07) is 0. The molecule has 1 saturated heterocycles. The highest BCUT2D eigenvalue weighted by Gasteiger charge is 2.06. The van der Waals surface area contributed by atoms with Crippen LogP contribution in [0.15, 0.2) is 4.60 Å². The van der Waals surface area contributed by atoms with E-state index in [1.165, 1.54) is 12.8 Å². The van der Waals surface area contributed by atoms with Crippen molar-refractivity contribution in [1.29, 1.82) is 0 Å². The molecule has 2 rings (SSSR count). The van der Waals surface area contributed by atoms with Gasteiger partial charge in [-0.1, -0.05) is 13.8 Å². The number of aromatic nitrogens is 2. The second-order valence-corrected chi connectivity index (χ2v) is 4.57. The van der Waals surface area contributed by atoms with Gasteiger partial charge in [0.15, 0.2) is 0 Å². The standard InChI is InChI=1S/C8H12BrN3.C4H8O/c1-3-5-7(9)11-6(4-2)8(10)12-5;1-2-4-5-3-1/h3-4H2,1-2H3,(H2,10,12);1-4H2. The minimum Gasteiger partial charge on any atom is -0.382 e. The van der Waals surface area contributed by atoms with Gasteiger partial charge in [-0.15, -0.1) is 0 Å². The zero-order chi connectivity index (χ0) is 12.7. The number of anilines is 1. The number of nitrogens with two attached hydrogens (primary N) is 1. The third-order valence-electron chi connectivity index (χ3n) is 2.52. The smallest absolute Gasteiger partial charge is 0.145 e. The normalized spacial score (nSPS) is 14.3. The van der Waals surface area contributed by atoms with Gasteiger partial charge in [0, 0.05) is 13.2 Å². The molecule has 4 nitrogen and oxygen atoms in total. The first-order chi connectivity index (χ1) is 8.19. The Balaban J connectivity index is 0.000000239. The van der Waals surface area contributed by atoms with Crippen LogP contribution in [0.1, 0.15) is 38.1 Å². The van der Waals surface area contributed by atoms with E-state index in [0.717, 1.165) is 42.0 Å². The first-order valence-electron chi connectivity index (χ1n) is 6.07. The van der Waals surface area contributed by atoms with Crippen LogP contribution in [0, 0.1) is 0 Å². The Hall–Kier alpha value is -0.680. The lowest BCUT2D eigenvalue weighted by Gasteiger charge is -2.05. The van der Waals surface area contributed by atoms with E-state index in [4.69, 9.17) is 10.5 Å². The predicted molar refractivity (Wildman–Crippen MR) is 73.0 cm³/mol. The molecule has 17 heavy (non-hydrogen) atoms. The van der Waals surface area contributed by atoms with Crippen LogP contribution >= 0.6 is 15.9 Å². The summed E-state index contributed by atoms with van der Waals surface area (Å²) < 4.78 is 5.76. The van der Waals surface area contributed by atoms with Crippen molar-refractivity contribution in [3.8, 4) is 0 Å². The predicted octanol–water partition coefficient (Wildman–Crippen LogP) is 2.74. The van der Waals surface area contributed by atoms with E-state index in [0.29, 0.717) is 5.82 Å². The molecule has 2 heterocycles. The zero-order valence-electron chi connectivity index (χ0n) is 10.5. The molecule has 0 aliphatic carbocycles. The Kier molecular flexibility index (Phi) is 6.44. The van der Waals surface area contributed by atoms with Gasteiger partial charge in [-0.2, -0.15) is 0 Å². The minimum atomic E-state index is 0.553. The lowest BCUT2D eigenvalue weighted by Crippen LogP contribution is -2.04. The molecule has 0 atom stereocenters. The van der Waals surface area contributed by atoms with Crippen LogP contribution in [-0.4, -0.2) is 23.2 Å². The van der Waals surface area contributed by atoms with Gasteiger partial charge in [-0.05, 0) is 41.6 Å².